The number of rotatable bonds is 4. The molecule has 0 bridgehead atoms. The Bertz CT molecular complexity index is 576. The van der Waals surface area contributed by atoms with E-state index < -0.39 is 40.6 Å². The molecule has 1 aromatic rings. The molecule has 0 amide bonds. The zero-order valence-corrected chi connectivity index (χ0v) is 11.6. The van der Waals surface area contributed by atoms with E-state index in [4.69, 9.17) is 11.0 Å². The number of nitrogens with two attached hydrogens (primary N) is 1. The summed E-state index contributed by atoms with van der Waals surface area (Å²) in [5, 5.41) is 18.3. The van der Waals surface area contributed by atoms with Gasteiger partial charge in [0, 0.05) is 5.56 Å². The van der Waals surface area contributed by atoms with E-state index in [0.29, 0.717) is 0 Å². The first-order valence-corrected chi connectivity index (χ1v) is 5.49. The molecule has 116 valence electrons. The van der Waals surface area contributed by atoms with Crippen LogP contribution in [0.5, 0.6) is 5.75 Å². The third-order valence-corrected chi connectivity index (χ3v) is 2.54. The lowest BCUT2D eigenvalue weighted by atomic mass is 9.95. The van der Waals surface area contributed by atoms with Gasteiger partial charge in [-0.05, 0) is 19.1 Å². The fraction of sp³-hybridized carbons (Fsp3) is 0.333. The Morgan fingerprint density at radius 3 is 2.62 bits per heavy atom. The van der Waals surface area contributed by atoms with E-state index >= 15 is 0 Å². The molecule has 0 aliphatic carbocycles. The second-order valence-electron chi connectivity index (χ2n) is 3.79. The molecular formula is C12H12ClF3N2O3. The summed E-state index contributed by atoms with van der Waals surface area (Å²) in [6.07, 6.45) is 0. The molecule has 0 fully saturated rings. The van der Waals surface area contributed by atoms with Crippen LogP contribution in [0, 0.1) is 17.1 Å². The topological polar surface area (TPSA) is 96.3 Å². The monoisotopic (exact) mass is 324 g/mol. The van der Waals surface area contributed by atoms with Crippen molar-refractivity contribution in [3.05, 3.63) is 29.1 Å². The largest absolute Gasteiger partial charge is 0.505 e. The Hall–Kier alpha value is -1.98. The second-order valence-corrected chi connectivity index (χ2v) is 3.79. The van der Waals surface area contributed by atoms with Crippen LogP contribution in [0.4, 0.5) is 13.2 Å². The normalized spacial score (nSPS) is 12.0. The summed E-state index contributed by atoms with van der Waals surface area (Å²) in [4.78, 5) is 11.2. The molecule has 0 spiro atoms. The van der Waals surface area contributed by atoms with Crippen LogP contribution in [0.1, 0.15) is 24.1 Å². The van der Waals surface area contributed by atoms with Gasteiger partial charge in [-0.25, -0.2) is 9.18 Å². The molecule has 0 aromatic heterocycles. The van der Waals surface area contributed by atoms with Crippen molar-refractivity contribution in [2.45, 2.75) is 18.9 Å². The molecule has 0 unspecified atom stereocenters. The number of carbonyl (C=O) groups is 1. The third-order valence-electron chi connectivity index (χ3n) is 2.54. The van der Waals surface area contributed by atoms with Crippen LogP contribution >= 0.6 is 12.4 Å². The molecule has 21 heavy (non-hydrogen) atoms. The van der Waals surface area contributed by atoms with Crippen LogP contribution in [0.3, 0.4) is 0 Å². The maximum atomic E-state index is 13.8. The number of phenols is 1. The van der Waals surface area contributed by atoms with Crippen molar-refractivity contribution in [3.8, 4) is 11.8 Å². The Morgan fingerprint density at radius 2 is 2.14 bits per heavy atom. The number of nitrogens with zero attached hydrogens (tertiary/aromatic N) is 1. The SMILES string of the molecule is CCOC(=O)C(F)(F)[C@@H](N)c1c(C#N)ccc(F)c1O.Cl. The van der Waals surface area contributed by atoms with Crippen LogP contribution < -0.4 is 5.73 Å². The van der Waals surface area contributed by atoms with Crippen molar-refractivity contribution in [1.82, 2.24) is 0 Å². The lowest BCUT2D eigenvalue weighted by molar-refractivity contribution is -0.174. The van der Waals surface area contributed by atoms with Crippen molar-refractivity contribution in [1.29, 1.82) is 5.26 Å². The van der Waals surface area contributed by atoms with E-state index in [-0.39, 0.29) is 19.0 Å². The molecular weight excluding hydrogens is 313 g/mol. The summed E-state index contributed by atoms with van der Waals surface area (Å²) in [6, 6.07) is 0.694. The number of esters is 1. The third kappa shape index (κ3) is 3.56. The minimum atomic E-state index is -4.22. The molecule has 0 saturated heterocycles. The smallest absolute Gasteiger partial charge is 0.379 e. The first kappa shape index (κ1) is 19.0. The van der Waals surface area contributed by atoms with Gasteiger partial charge in [0.25, 0.3) is 0 Å². The van der Waals surface area contributed by atoms with Gasteiger partial charge in [-0.1, -0.05) is 0 Å². The Balaban J connectivity index is 0.00000400. The number of hydrogen-bond acceptors (Lipinski definition) is 5. The quantitative estimate of drug-likeness (QED) is 0.826. The van der Waals surface area contributed by atoms with Gasteiger partial charge >= 0.3 is 11.9 Å². The zero-order chi connectivity index (χ0) is 15.5. The molecule has 0 saturated carbocycles. The minimum absolute atomic E-state index is 0. The van der Waals surface area contributed by atoms with Gasteiger partial charge in [0.15, 0.2) is 11.6 Å². The summed E-state index contributed by atoms with van der Waals surface area (Å²) >= 11 is 0. The highest BCUT2D eigenvalue weighted by Gasteiger charge is 2.49. The molecule has 1 atom stereocenters. The molecule has 0 aliphatic heterocycles. The van der Waals surface area contributed by atoms with Crippen LogP contribution in [-0.2, 0) is 9.53 Å². The molecule has 1 rings (SSSR count). The van der Waals surface area contributed by atoms with E-state index in [2.05, 4.69) is 4.74 Å². The number of halogens is 4. The molecule has 1 aromatic carbocycles. The van der Waals surface area contributed by atoms with Crippen molar-refractivity contribution in [3.63, 3.8) is 0 Å². The molecule has 9 heteroatoms. The van der Waals surface area contributed by atoms with Crippen molar-refractivity contribution < 1.29 is 27.8 Å². The molecule has 5 nitrogen and oxygen atoms in total. The Morgan fingerprint density at radius 1 is 1.57 bits per heavy atom. The van der Waals surface area contributed by atoms with Crippen molar-refractivity contribution >= 4 is 18.4 Å². The number of benzene rings is 1. The van der Waals surface area contributed by atoms with Gasteiger partial charge in [-0.3, -0.25) is 0 Å². The maximum Gasteiger partial charge on any atom is 0.379 e. The van der Waals surface area contributed by atoms with Gasteiger partial charge in [0.05, 0.1) is 18.2 Å². The van der Waals surface area contributed by atoms with Crippen molar-refractivity contribution in [2.24, 2.45) is 5.73 Å². The predicted octanol–water partition coefficient (Wildman–Crippen LogP) is 2.02. The van der Waals surface area contributed by atoms with Crippen molar-refractivity contribution in [2.75, 3.05) is 6.61 Å². The lowest BCUT2D eigenvalue weighted by Gasteiger charge is -2.23. The fourth-order valence-corrected chi connectivity index (χ4v) is 1.53. The average Bonchev–Trinajstić information content (AvgIpc) is 2.41. The first-order valence-electron chi connectivity index (χ1n) is 5.49. The Kier molecular flexibility index (Phi) is 6.48. The number of alkyl halides is 2. The highest BCUT2D eigenvalue weighted by Crippen LogP contribution is 2.38. The van der Waals surface area contributed by atoms with Gasteiger partial charge < -0.3 is 15.6 Å². The summed E-state index contributed by atoms with van der Waals surface area (Å²) in [5.41, 5.74) is 3.92. The van der Waals surface area contributed by atoms with Crippen LogP contribution in [0.25, 0.3) is 0 Å². The number of aromatic hydroxyl groups is 1. The highest BCUT2D eigenvalue weighted by atomic mass is 35.5. The van der Waals surface area contributed by atoms with E-state index in [9.17, 15) is 23.1 Å². The van der Waals surface area contributed by atoms with Crippen LogP contribution in [0.2, 0.25) is 0 Å². The van der Waals surface area contributed by atoms with E-state index in [0.717, 1.165) is 12.1 Å². The number of nitriles is 1. The van der Waals surface area contributed by atoms with Crippen LogP contribution in [0.15, 0.2) is 12.1 Å². The zero-order valence-electron chi connectivity index (χ0n) is 10.8. The lowest BCUT2D eigenvalue weighted by Crippen LogP contribution is -2.42. The standard InChI is InChI=1S/C12H11F3N2O3.ClH/c1-2-20-11(19)12(14,15)10(17)8-6(5-16)3-4-7(13)9(8)18;/h3-4,10,18H,2,17H2,1H3;1H/t10-;/m0./s1. The summed E-state index contributed by atoms with van der Waals surface area (Å²) in [7, 11) is 0. The summed E-state index contributed by atoms with van der Waals surface area (Å²) in [5.74, 6) is -8.55. The first-order chi connectivity index (χ1) is 9.27. The molecule has 0 heterocycles. The second kappa shape index (κ2) is 7.15. The molecule has 0 radical (unpaired) electrons. The predicted molar refractivity (Wildman–Crippen MR) is 68.5 cm³/mol. The van der Waals surface area contributed by atoms with Gasteiger partial charge in [0.1, 0.15) is 6.04 Å². The van der Waals surface area contributed by atoms with E-state index in [1.165, 1.54) is 13.0 Å². The minimum Gasteiger partial charge on any atom is -0.505 e. The average molecular weight is 325 g/mol. The number of phenolic OH excluding ortho intramolecular Hbond substituents is 1. The van der Waals surface area contributed by atoms with E-state index in [1.807, 2.05) is 0 Å². The number of carbonyl (C=O) groups excluding carboxylic acids is 1. The van der Waals surface area contributed by atoms with Gasteiger partial charge in [-0.2, -0.15) is 14.0 Å². The molecule has 0 aliphatic rings. The van der Waals surface area contributed by atoms with Crippen LogP contribution in [-0.4, -0.2) is 23.6 Å². The van der Waals surface area contributed by atoms with Gasteiger partial charge in [0.2, 0.25) is 0 Å². The summed E-state index contributed by atoms with van der Waals surface area (Å²) < 4.78 is 44.9. The highest BCUT2D eigenvalue weighted by molar-refractivity contribution is 5.85. The van der Waals surface area contributed by atoms with Gasteiger partial charge in [-0.15, -0.1) is 12.4 Å². The summed E-state index contributed by atoms with van der Waals surface area (Å²) in [6.45, 7) is 1.02. The maximum absolute atomic E-state index is 13.8. The Labute approximate surface area is 124 Å². The number of hydrogen-bond donors (Lipinski definition) is 2. The number of ether oxygens (including phenoxy) is 1. The molecule has 3 N–H and O–H groups in total. The fourth-order valence-electron chi connectivity index (χ4n) is 1.53. The van der Waals surface area contributed by atoms with E-state index in [1.54, 1.807) is 0 Å².